The van der Waals surface area contributed by atoms with Crippen LogP contribution in [0.4, 0.5) is 0 Å². The number of hydrogen-bond acceptors (Lipinski definition) is 9. The molecule has 134 valence electrons. The Bertz CT molecular complexity index is 528. The van der Waals surface area contributed by atoms with Crippen LogP contribution in [0.2, 0.25) is 0 Å². The molecule has 0 aromatic heterocycles. The van der Waals surface area contributed by atoms with Gasteiger partial charge in [-0.3, -0.25) is 13.7 Å². The van der Waals surface area contributed by atoms with Gasteiger partial charge in [0.2, 0.25) is 0 Å². The van der Waals surface area contributed by atoms with Crippen LogP contribution in [-0.2, 0) is 54.6 Å². The highest BCUT2D eigenvalue weighted by Gasteiger charge is 2.22. The summed E-state index contributed by atoms with van der Waals surface area (Å²) in [6.45, 7) is -1.33. The van der Waals surface area contributed by atoms with Gasteiger partial charge in [0.25, 0.3) is 0 Å². The minimum absolute atomic E-state index is 0.00343. The molecule has 0 radical (unpaired) electrons. The summed E-state index contributed by atoms with van der Waals surface area (Å²) < 4.78 is 99.5. The lowest BCUT2D eigenvalue weighted by molar-refractivity contribution is 0.281. The lowest BCUT2D eigenvalue weighted by Gasteiger charge is -2.08. The molecule has 16 heteroatoms. The van der Waals surface area contributed by atoms with Crippen molar-refractivity contribution in [3.63, 3.8) is 0 Å². The Morgan fingerprint density at radius 3 is 1.00 bits per heavy atom. The van der Waals surface area contributed by atoms with Gasteiger partial charge < -0.3 is 0 Å². The fourth-order valence-corrected chi connectivity index (χ4v) is 3.85. The summed E-state index contributed by atoms with van der Waals surface area (Å²) in [7, 11) is -14.7. The molecule has 12 nitrogen and oxygen atoms in total. The van der Waals surface area contributed by atoms with Crippen LogP contribution in [0.1, 0.15) is 0 Å². The van der Waals surface area contributed by atoms with Gasteiger partial charge >= 0.3 is 31.2 Å². The Hall–Kier alpha value is -0.0400. The Morgan fingerprint density at radius 2 is 0.818 bits per heavy atom. The summed E-state index contributed by atoms with van der Waals surface area (Å²) in [6, 6.07) is 0. The van der Waals surface area contributed by atoms with Crippen molar-refractivity contribution in [1.82, 2.24) is 0 Å². The zero-order chi connectivity index (χ0) is 17.4. The van der Waals surface area contributed by atoms with Crippen LogP contribution < -0.4 is 0 Å². The molecule has 0 rings (SSSR count). The van der Waals surface area contributed by atoms with Crippen LogP contribution in [0.15, 0.2) is 0 Å². The average Bonchev–Trinajstić information content (AvgIpc) is 2.23. The molecule has 0 aromatic carbocycles. The molecule has 22 heavy (non-hydrogen) atoms. The van der Waals surface area contributed by atoms with Gasteiger partial charge in [0.1, 0.15) is 37.1 Å². The maximum atomic E-state index is 10.4. The second kappa shape index (κ2) is 9.30. The zero-order valence-corrected chi connectivity index (χ0v) is 14.2. The predicted octanol–water partition coefficient (Wildman–Crippen LogP) is -1.94. The Balaban J connectivity index is 4.35. The third kappa shape index (κ3) is 16.3. The summed E-state index contributed by atoms with van der Waals surface area (Å²) in [5.41, 5.74) is 0. The largest absolute Gasteiger partial charge is 0.397 e. The van der Waals surface area contributed by atoms with Crippen molar-refractivity contribution in [2.45, 2.75) is 0 Å². The van der Waals surface area contributed by atoms with Crippen molar-refractivity contribution in [3.05, 3.63) is 0 Å². The summed E-state index contributed by atoms with van der Waals surface area (Å²) in [5.74, 6) is 0.0103. The Morgan fingerprint density at radius 1 is 0.591 bits per heavy atom. The maximum Gasteiger partial charge on any atom is 0.397 e. The zero-order valence-electron chi connectivity index (χ0n) is 10.9. The second-order valence-electron chi connectivity index (χ2n) is 3.47. The molecule has 0 aliphatic heterocycles. The SMILES string of the molecule is O=S(=O)(O)OCC[S+](CCOS(=O)(=O)O)CCOS(=O)(=O)O. The first-order valence-electron chi connectivity index (χ1n) is 5.28. The molecular weight excluding hydrogens is 392 g/mol. The highest BCUT2D eigenvalue weighted by atomic mass is 32.3. The molecular formula is C6H15O12S4+. The van der Waals surface area contributed by atoms with Crippen LogP contribution in [0, 0.1) is 0 Å². The average molecular weight is 407 g/mol. The first-order chi connectivity index (χ1) is 9.79. The van der Waals surface area contributed by atoms with E-state index in [-0.39, 0.29) is 17.3 Å². The van der Waals surface area contributed by atoms with Gasteiger partial charge in [-0.25, -0.2) is 12.5 Å². The fraction of sp³-hybridized carbons (Fsp3) is 1.00. The molecule has 0 saturated heterocycles. The van der Waals surface area contributed by atoms with E-state index < -0.39 is 61.9 Å². The summed E-state index contributed by atoms with van der Waals surface area (Å²) in [5, 5.41) is 0. The van der Waals surface area contributed by atoms with E-state index in [1.807, 2.05) is 0 Å². The van der Waals surface area contributed by atoms with Crippen LogP contribution in [0.25, 0.3) is 0 Å². The third-order valence-corrected chi connectivity index (χ3v) is 5.44. The molecule has 0 amide bonds. The lowest BCUT2D eigenvalue weighted by atomic mass is 10.8. The second-order valence-corrected chi connectivity index (χ2v) is 9.20. The quantitative estimate of drug-likeness (QED) is 0.240. The Labute approximate surface area is 131 Å². The van der Waals surface area contributed by atoms with Crippen LogP contribution in [0.5, 0.6) is 0 Å². The van der Waals surface area contributed by atoms with E-state index in [1.54, 1.807) is 0 Å². The van der Waals surface area contributed by atoms with E-state index in [0.717, 1.165) is 0 Å². The predicted molar refractivity (Wildman–Crippen MR) is 74.5 cm³/mol. The molecule has 3 N–H and O–H groups in total. The van der Waals surface area contributed by atoms with Crippen molar-refractivity contribution in [1.29, 1.82) is 0 Å². The topological polar surface area (TPSA) is 191 Å². The Kier molecular flexibility index (Phi) is 9.29. The van der Waals surface area contributed by atoms with Crippen molar-refractivity contribution < 1.29 is 51.5 Å². The molecule has 0 spiro atoms. The summed E-state index contributed by atoms with van der Waals surface area (Å²) in [6.07, 6.45) is 0. The molecule has 0 aliphatic carbocycles. The van der Waals surface area contributed by atoms with Crippen molar-refractivity contribution in [3.8, 4) is 0 Å². The van der Waals surface area contributed by atoms with E-state index in [4.69, 9.17) is 13.7 Å². The minimum atomic E-state index is -4.64. The summed E-state index contributed by atoms with van der Waals surface area (Å²) >= 11 is 0. The third-order valence-electron chi connectivity index (χ3n) is 1.81. The van der Waals surface area contributed by atoms with E-state index in [2.05, 4.69) is 12.5 Å². The van der Waals surface area contributed by atoms with E-state index in [9.17, 15) is 25.3 Å². The first-order valence-corrected chi connectivity index (χ1v) is 11.1. The molecule has 0 atom stereocenters. The van der Waals surface area contributed by atoms with Gasteiger partial charge in [-0.2, -0.15) is 25.3 Å². The maximum absolute atomic E-state index is 10.4. The van der Waals surface area contributed by atoms with Gasteiger partial charge in [-0.15, -0.1) is 0 Å². The van der Waals surface area contributed by atoms with Crippen molar-refractivity contribution in [2.24, 2.45) is 0 Å². The molecule has 0 heterocycles. The van der Waals surface area contributed by atoms with Crippen LogP contribution >= 0.6 is 0 Å². The monoisotopic (exact) mass is 407 g/mol. The standard InChI is InChI=1S/C6H14O12S4/c7-20(8,9)16-1-4-19(5-2-17-21(10,11)12)6-3-18-22(13,14)15/h1-6H2,(H2-,7,8,9,10,11,12,13,14,15)/p+1. The number of hydrogen-bond donors (Lipinski definition) is 3. The minimum Gasteiger partial charge on any atom is -0.264 e. The van der Waals surface area contributed by atoms with Crippen molar-refractivity contribution >= 4 is 42.1 Å². The van der Waals surface area contributed by atoms with Gasteiger partial charge in [0.15, 0.2) is 0 Å². The molecule has 0 unspecified atom stereocenters. The van der Waals surface area contributed by atoms with Gasteiger partial charge in [0, 0.05) is 0 Å². The highest BCUT2D eigenvalue weighted by Crippen LogP contribution is 2.02. The molecule has 0 bridgehead atoms. The molecule has 0 fully saturated rings. The normalized spacial score (nSPS) is 13.6. The van der Waals surface area contributed by atoms with Gasteiger partial charge in [-0.1, -0.05) is 0 Å². The molecule has 0 aliphatic rings. The van der Waals surface area contributed by atoms with E-state index in [1.165, 1.54) is 0 Å². The summed E-state index contributed by atoms with van der Waals surface area (Å²) in [4.78, 5) is 0. The fourth-order valence-electron chi connectivity index (χ4n) is 1.08. The molecule has 0 aromatic rings. The number of rotatable bonds is 12. The van der Waals surface area contributed by atoms with Crippen LogP contribution in [0.3, 0.4) is 0 Å². The molecule has 0 saturated carbocycles. The van der Waals surface area contributed by atoms with Crippen LogP contribution in [-0.4, -0.2) is 76.0 Å². The van der Waals surface area contributed by atoms with Gasteiger partial charge in [-0.05, 0) is 10.9 Å². The van der Waals surface area contributed by atoms with Crippen molar-refractivity contribution in [2.75, 3.05) is 37.1 Å². The van der Waals surface area contributed by atoms with E-state index >= 15 is 0 Å². The van der Waals surface area contributed by atoms with E-state index in [0.29, 0.717) is 0 Å². The smallest absolute Gasteiger partial charge is 0.264 e. The highest BCUT2D eigenvalue weighted by molar-refractivity contribution is 7.97. The van der Waals surface area contributed by atoms with Gasteiger partial charge in [0.05, 0.1) is 0 Å². The first kappa shape index (κ1) is 22.0. The lowest BCUT2D eigenvalue weighted by Crippen LogP contribution is -2.27.